The molecule has 1 saturated heterocycles. The van der Waals surface area contributed by atoms with Crippen LogP contribution in [0.2, 0.25) is 0 Å². The molecule has 5 fully saturated rings. The van der Waals surface area contributed by atoms with E-state index in [1.807, 2.05) is 0 Å². The number of carbonyl (C=O) groups excluding carboxylic acids is 1. The third-order valence-corrected chi connectivity index (χ3v) is 6.74. The van der Waals surface area contributed by atoms with Crippen molar-refractivity contribution in [2.75, 3.05) is 19.8 Å². The van der Waals surface area contributed by atoms with Crippen molar-refractivity contribution in [3.05, 3.63) is 0 Å². The molecule has 1 amide bonds. The van der Waals surface area contributed by atoms with E-state index >= 15 is 0 Å². The Labute approximate surface area is 127 Å². The number of nitrogens with one attached hydrogen (secondary N) is 1. The van der Waals surface area contributed by atoms with Crippen LogP contribution in [0, 0.1) is 23.2 Å². The Morgan fingerprint density at radius 1 is 1.05 bits per heavy atom. The van der Waals surface area contributed by atoms with Crippen molar-refractivity contribution in [1.82, 2.24) is 5.32 Å². The summed E-state index contributed by atoms with van der Waals surface area (Å²) in [5.41, 5.74) is 5.74. The predicted octanol–water partition coefficient (Wildman–Crippen LogP) is 1.83. The lowest BCUT2D eigenvalue weighted by Gasteiger charge is -2.56. The van der Waals surface area contributed by atoms with Gasteiger partial charge in [0.05, 0.1) is 5.54 Å². The van der Waals surface area contributed by atoms with Crippen molar-refractivity contribution >= 4 is 5.91 Å². The van der Waals surface area contributed by atoms with Crippen LogP contribution in [0.15, 0.2) is 0 Å². The molecule has 0 aromatic rings. The van der Waals surface area contributed by atoms with Crippen LogP contribution in [0.3, 0.4) is 0 Å². The fraction of sp³-hybridized carbons (Fsp3) is 0.941. The van der Waals surface area contributed by atoms with E-state index in [-0.39, 0.29) is 11.0 Å². The number of amides is 1. The van der Waals surface area contributed by atoms with Crippen LogP contribution in [0.4, 0.5) is 0 Å². The molecule has 0 unspecified atom stereocenters. The highest BCUT2D eigenvalue weighted by Gasteiger charge is 2.55. The lowest BCUT2D eigenvalue weighted by Crippen LogP contribution is -2.62. The SMILES string of the molecule is NCC1(NC(=O)C23CC4CC(CC(C4)C2)C3)CCOCC1. The molecule has 0 aromatic carbocycles. The first kappa shape index (κ1) is 14.0. The third-order valence-electron chi connectivity index (χ3n) is 6.74. The average Bonchev–Trinajstić information content (AvgIpc) is 2.47. The highest BCUT2D eigenvalue weighted by Crippen LogP contribution is 2.60. The zero-order valence-corrected chi connectivity index (χ0v) is 12.9. The van der Waals surface area contributed by atoms with Crippen LogP contribution in [-0.4, -0.2) is 31.2 Å². The smallest absolute Gasteiger partial charge is 0.226 e. The quantitative estimate of drug-likeness (QED) is 0.834. The van der Waals surface area contributed by atoms with E-state index < -0.39 is 0 Å². The minimum absolute atomic E-state index is 0.0603. The molecule has 3 N–H and O–H groups in total. The zero-order valence-electron chi connectivity index (χ0n) is 12.9. The Bertz CT molecular complexity index is 393. The predicted molar refractivity (Wildman–Crippen MR) is 80.6 cm³/mol. The lowest BCUT2D eigenvalue weighted by atomic mass is 9.49. The van der Waals surface area contributed by atoms with Crippen LogP contribution < -0.4 is 11.1 Å². The maximum atomic E-state index is 13.1. The summed E-state index contributed by atoms with van der Waals surface area (Å²) < 4.78 is 5.45. The molecule has 21 heavy (non-hydrogen) atoms. The molecule has 4 saturated carbocycles. The highest BCUT2D eigenvalue weighted by molar-refractivity contribution is 5.84. The maximum Gasteiger partial charge on any atom is 0.226 e. The van der Waals surface area contributed by atoms with Crippen molar-refractivity contribution < 1.29 is 9.53 Å². The molecule has 4 bridgehead atoms. The fourth-order valence-corrected chi connectivity index (χ4v) is 5.90. The molecule has 5 rings (SSSR count). The van der Waals surface area contributed by atoms with Gasteiger partial charge in [-0.05, 0) is 69.1 Å². The molecule has 0 atom stereocenters. The van der Waals surface area contributed by atoms with Gasteiger partial charge in [-0.2, -0.15) is 0 Å². The van der Waals surface area contributed by atoms with Crippen molar-refractivity contribution in [2.45, 2.75) is 56.9 Å². The lowest BCUT2D eigenvalue weighted by molar-refractivity contribution is -0.149. The summed E-state index contributed by atoms with van der Waals surface area (Å²) >= 11 is 0. The van der Waals surface area contributed by atoms with E-state index in [9.17, 15) is 4.79 Å². The number of hydrogen-bond acceptors (Lipinski definition) is 3. The number of hydrogen-bond donors (Lipinski definition) is 2. The van der Waals surface area contributed by atoms with E-state index in [0.717, 1.165) is 63.1 Å². The molecule has 4 aliphatic carbocycles. The molecule has 1 aliphatic heterocycles. The first-order valence-corrected chi connectivity index (χ1v) is 8.74. The summed E-state index contributed by atoms with van der Waals surface area (Å²) in [6, 6.07) is 0. The molecule has 118 valence electrons. The highest BCUT2D eigenvalue weighted by atomic mass is 16.5. The molecule has 5 aliphatic rings. The van der Waals surface area contributed by atoms with E-state index in [0.29, 0.717) is 12.5 Å². The molecule has 0 aromatic heterocycles. The summed E-state index contributed by atoms with van der Waals surface area (Å²) in [5, 5.41) is 3.40. The first-order valence-electron chi connectivity index (χ1n) is 8.74. The van der Waals surface area contributed by atoms with E-state index in [1.54, 1.807) is 0 Å². The Morgan fingerprint density at radius 2 is 1.57 bits per heavy atom. The van der Waals surface area contributed by atoms with Gasteiger partial charge in [-0.15, -0.1) is 0 Å². The van der Waals surface area contributed by atoms with Gasteiger partial charge in [-0.25, -0.2) is 0 Å². The second kappa shape index (κ2) is 4.95. The van der Waals surface area contributed by atoms with Gasteiger partial charge in [-0.3, -0.25) is 4.79 Å². The summed E-state index contributed by atoms with van der Waals surface area (Å²) in [4.78, 5) is 13.1. The Morgan fingerprint density at radius 3 is 2.05 bits per heavy atom. The van der Waals surface area contributed by atoms with Gasteiger partial charge in [-0.1, -0.05) is 0 Å². The number of carbonyl (C=O) groups is 1. The monoisotopic (exact) mass is 292 g/mol. The van der Waals surface area contributed by atoms with Gasteiger partial charge in [0.15, 0.2) is 0 Å². The number of ether oxygens (including phenoxy) is 1. The van der Waals surface area contributed by atoms with Gasteiger partial charge >= 0.3 is 0 Å². The Kier molecular flexibility index (Phi) is 3.30. The van der Waals surface area contributed by atoms with Crippen molar-refractivity contribution in [2.24, 2.45) is 28.9 Å². The van der Waals surface area contributed by atoms with Crippen LogP contribution in [-0.2, 0) is 9.53 Å². The van der Waals surface area contributed by atoms with Gasteiger partial charge in [0.25, 0.3) is 0 Å². The third kappa shape index (κ3) is 2.31. The molecule has 1 heterocycles. The maximum absolute atomic E-state index is 13.1. The minimum Gasteiger partial charge on any atom is -0.381 e. The largest absolute Gasteiger partial charge is 0.381 e. The fourth-order valence-electron chi connectivity index (χ4n) is 5.90. The standard InChI is InChI=1S/C17H28N2O2/c18-11-17(1-3-21-4-2-17)19-15(20)16-8-12-5-13(9-16)7-14(6-12)10-16/h12-14H,1-11,18H2,(H,19,20). The van der Waals surface area contributed by atoms with Gasteiger partial charge in [0.1, 0.15) is 0 Å². The Balaban J connectivity index is 1.52. The minimum atomic E-state index is -0.210. The van der Waals surface area contributed by atoms with E-state index in [4.69, 9.17) is 10.5 Å². The van der Waals surface area contributed by atoms with Crippen molar-refractivity contribution in [3.63, 3.8) is 0 Å². The summed E-state index contributed by atoms with van der Waals surface area (Å²) in [6.45, 7) is 1.98. The summed E-state index contributed by atoms with van der Waals surface area (Å²) in [7, 11) is 0. The second-order valence-electron chi connectivity index (χ2n) is 8.25. The molecular formula is C17H28N2O2. The van der Waals surface area contributed by atoms with Crippen molar-refractivity contribution in [1.29, 1.82) is 0 Å². The molecule has 0 spiro atoms. The van der Waals surface area contributed by atoms with Crippen LogP contribution in [0.25, 0.3) is 0 Å². The van der Waals surface area contributed by atoms with E-state index in [1.165, 1.54) is 19.3 Å². The normalized spacial score (nSPS) is 43.8. The molecule has 0 radical (unpaired) electrons. The van der Waals surface area contributed by atoms with Crippen LogP contribution in [0.1, 0.15) is 51.4 Å². The van der Waals surface area contributed by atoms with E-state index in [2.05, 4.69) is 5.32 Å². The second-order valence-corrected chi connectivity index (χ2v) is 8.25. The number of rotatable bonds is 3. The average molecular weight is 292 g/mol. The Hall–Kier alpha value is -0.610. The summed E-state index contributed by atoms with van der Waals surface area (Å²) in [5.74, 6) is 2.75. The first-order chi connectivity index (χ1) is 10.1. The van der Waals surface area contributed by atoms with Gasteiger partial charge < -0.3 is 15.8 Å². The number of nitrogens with two attached hydrogens (primary N) is 1. The van der Waals surface area contributed by atoms with Gasteiger partial charge in [0, 0.05) is 25.2 Å². The summed E-state index contributed by atoms with van der Waals surface area (Å²) in [6.07, 6.45) is 9.24. The molecular weight excluding hydrogens is 264 g/mol. The topological polar surface area (TPSA) is 64.3 Å². The molecule has 4 heteroatoms. The van der Waals surface area contributed by atoms with Crippen LogP contribution in [0.5, 0.6) is 0 Å². The molecule has 4 nitrogen and oxygen atoms in total. The zero-order chi connectivity index (χ0) is 14.5. The van der Waals surface area contributed by atoms with Gasteiger partial charge in [0.2, 0.25) is 5.91 Å². The van der Waals surface area contributed by atoms with Crippen LogP contribution >= 0.6 is 0 Å². The van der Waals surface area contributed by atoms with Crippen molar-refractivity contribution in [3.8, 4) is 0 Å².